The highest BCUT2D eigenvalue weighted by Crippen LogP contribution is 2.29. The van der Waals surface area contributed by atoms with Gasteiger partial charge in [-0.25, -0.2) is 13.8 Å². The first-order chi connectivity index (χ1) is 11.5. The largest absolute Gasteiger partial charge is 0.396 e. The second-order valence-corrected chi connectivity index (χ2v) is 5.97. The van der Waals surface area contributed by atoms with Crippen molar-refractivity contribution in [1.82, 2.24) is 10.6 Å². The van der Waals surface area contributed by atoms with Crippen LogP contribution < -0.4 is 10.6 Å². The minimum Gasteiger partial charge on any atom is -0.396 e. The summed E-state index contributed by atoms with van der Waals surface area (Å²) in [6, 6.07) is 3.37. The van der Waals surface area contributed by atoms with Crippen molar-refractivity contribution in [2.45, 2.75) is 46.6 Å². The highest BCUT2D eigenvalue weighted by Gasteiger charge is 2.25. The predicted molar refractivity (Wildman–Crippen MR) is 93.9 cm³/mol. The Morgan fingerprint density at radius 3 is 2.46 bits per heavy atom. The number of guanidine groups is 1. The first-order valence-electron chi connectivity index (χ1n) is 8.57. The number of halogens is 2. The molecule has 3 N–H and O–H groups in total. The van der Waals surface area contributed by atoms with Crippen LogP contribution in [0.1, 0.15) is 45.6 Å². The van der Waals surface area contributed by atoms with Crippen LogP contribution in [0, 0.1) is 17.0 Å². The third-order valence-corrected chi connectivity index (χ3v) is 4.53. The van der Waals surface area contributed by atoms with E-state index in [1.807, 2.05) is 6.92 Å². The molecule has 0 fully saturated rings. The Morgan fingerprint density at radius 2 is 1.88 bits per heavy atom. The van der Waals surface area contributed by atoms with Crippen molar-refractivity contribution in [3.63, 3.8) is 0 Å². The molecule has 6 heteroatoms. The van der Waals surface area contributed by atoms with Crippen molar-refractivity contribution in [3.8, 4) is 0 Å². The van der Waals surface area contributed by atoms with Crippen molar-refractivity contribution in [2.24, 2.45) is 10.4 Å². The molecular weight excluding hydrogens is 312 g/mol. The molecule has 1 rings (SSSR count). The lowest BCUT2D eigenvalue weighted by molar-refractivity contribution is 0.169. The van der Waals surface area contributed by atoms with Crippen molar-refractivity contribution in [1.29, 1.82) is 0 Å². The number of rotatable bonds is 9. The highest BCUT2D eigenvalue weighted by atomic mass is 19.1. The molecule has 0 radical (unpaired) electrons. The lowest BCUT2D eigenvalue weighted by atomic mass is 9.79. The summed E-state index contributed by atoms with van der Waals surface area (Å²) in [5.41, 5.74) is 0.217. The van der Waals surface area contributed by atoms with Crippen LogP contribution in [0.3, 0.4) is 0 Å². The number of aliphatic imine (C=N–C) groups is 1. The van der Waals surface area contributed by atoms with Gasteiger partial charge in [-0.3, -0.25) is 0 Å². The van der Waals surface area contributed by atoms with Crippen molar-refractivity contribution < 1.29 is 13.9 Å². The minimum absolute atomic E-state index is 0.00491. The molecule has 136 valence electrons. The molecule has 0 spiro atoms. The van der Waals surface area contributed by atoms with E-state index in [1.165, 1.54) is 0 Å². The molecule has 0 atom stereocenters. The molecule has 0 heterocycles. The van der Waals surface area contributed by atoms with Gasteiger partial charge in [0.25, 0.3) is 0 Å². The maximum atomic E-state index is 13.7. The lowest BCUT2D eigenvalue weighted by Gasteiger charge is -2.32. The van der Waals surface area contributed by atoms with Crippen LogP contribution in [0.2, 0.25) is 0 Å². The fraction of sp³-hybridized carbons (Fsp3) is 0.611. The summed E-state index contributed by atoms with van der Waals surface area (Å²) in [7, 11) is 0. The minimum atomic E-state index is -0.474. The Bertz CT molecular complexity index is 531. The van der Waals surface area contributed by atoms with E-state index in [0.717, 1.165) is 31.0 Å². The molecule has 0 aliphatic heterocycles. The molecule has 24 heavy (non-hydrogen) atoms. The van der Waals surface area contributed by atoms with Crippen LogP contribution in [0.4, 0.5) is 8.78 Å². The standard InChI is InChI=1S/C18H29F2N3O/c1-4-18(5-2,9-10-24)13-23-17(21-6-3)22-12-14-11-15(19)7-8-16(14)20/h7-8,11,24H,4-6,9-10,12-13H2,1-3H3,(H2,21,22,23). The summed E-state index contributed by atoms with van der Waals surface area (Å²) < 4.78 is 26.9. The first-order valence-corrected chi connectivity index (χ1v) is 8.57. The van der Waals surface area contributed by atoms with E-state index in [9.17, 15) is 13.9 Å². The Morgan fingerprint density at radius 1 is 1.17 bits per heavy atom. The molecule has 0 unspecified atom stereocenters. The summed E-state index contributed by atoms with van der Waals surface area (Å²) in [6.07, 6.45) is 2.59. The molecule has 0 aliphatic carbocycles. The Labute approximate surface area is 143 Å². The maximum absolute atomic E-state index is 13.7. The Hall–Kier alpha value is -1.69. The zero-order chi connectivity index (χ0) is 18.0. The Kier molecular flexibility index (Phi) is 8.68. The van der Waals surface area contributed by atoms with Gasteiger partial charge in [0.1, 0.15) is 11.6 Å². The summed E-state index contributed by atoms with van der Waals surface area (Å²) in [5.74, 6) is -0.378. The second-order valence-electron chi connectivity index (χ2n) is 5.97. The first kappa shape index (κ1) is 20.4. The average molecular weight is 341 g/mol. The molecule has 0 aromatic heterocycles. The predicted octanol–water partition coefficient (Wildman–Crippen LogP) is 3.21. The number of aliphatic hydroxyl groups excluding tert-OH is 1. The molecule has 0 saturated heterocycles. The third kappa shape index (κ3) is 6.07. The third-order valence-electron chi connectivity index (χ3n) is 4.53. The van der Waals surface area contributed by atoms with Crippen LogP contribution in [-0.2, 0) is 6.54 Å². The number of aliphatic hydroxyl groups is 1. The lowest BCUT2D eigenvalue weighted by Crippen LogP contribution is -2.43. The van der Waals surface area contributed by atoms with Crippen LogP contribution in [-0.4, -0.2) is 30.8 Å². The van der Waals surface area contributed by atoms with E-state index in [0.29, 0.717) is 25.5 Å². The van der Waals surface area contributed by atoms with Gasteiger partial charge in [0.15, 0.2) is 5.96 Å². The molecule has 0 saturated carbocycles. The van der Waals surface area contributed by atoms with E-state index >= 15 is 0 Å². The number of hydrogen-bond acceptors (Lipinski definition) is 2. The summed E-state index contributed by atoms with van der Waals surface area (Å²) in [6.45, 7) is 7.69. The zero-order valence-corrected chi connectivity index (χ0v) is 14.8. The van der Waals surface area contributed by atoms with Crippen LogP contribution in [0.5, 0.6) is 0 Å². The number of hydrogen-bond donors (Lipinski definition) is 3. The topological polar surface area (TPSA) is 56.7 Å². The zero-order valence-electron chi connectivity index (χ0n) is 14.8. The van der Waals surface area contributed by atoms with Gasteiger partial charge in [-0.1, -0.05) is 13.8 Å². The normalized spacial score (nSPS) is 12.3. The number of nitrogens with one attached hydrogen (secondary N) is 2. The second kappa shape index (κ2) is 10.2. The van der Waals surface area contributed by atoms with Gasteiger partial charge in [0.2, 0.25) is 0 Å². The van der Waals surface area contributed by atoms with Gasteiger partial charge in [0, 0.05) is 25.3 Å². The molecule has 0 amide bonds. The fourth-order valence-electron chi connectivity index (χ4n) is 2.62. The van der Waals surface area contributed by atoms with Crippen LogP contribution in [0.15, 0.2) is 23.2 Å². The van der Waals surface area contributed by atoms with Crippen molar-refractivity contribution >= 4 is 5.96 Å². The maximum Gasteiger partial charge on any atom is 0.191 e. The van der Waals surface area contributed by atoms with E-state index < -0.39 is 11.6 Å². The van der Waals surface area contributed by atoms with Gasteiger partial charge in [-0.15, -0.1) is 0 Å². The number of benzene rings is 1. The van der Waals surface area contributed by atoms with Gasteiger partial charge in [0.05, 0.1) is 6.54 Å². The quantitative estimate of drug-likeness (QED) is 0.477. The molecule has 0 aliphatic rings. The molecule has 1 aromatic carbocycles. The fourth-order valence-corrected chi connectivity index (χ4v) is 2.62. The monoisotopic (exact) mass is 341 g/mol. The molecular formula is C18H29F2N3O. The van der Waals surface area contributed by atoms with Crippen molar-refractivity contribution in [3.05, 3.63) is 35.4 Å². The Balaban J connectivity index is 2.80. The highest BCUT2D eigenvalue weighted by molar-refractivity contribution is 5.79. The van der Waals surface area contributed by atoms with Gasteiger partial charge in [-0.05, 0) is 49.8 Å². The van der Waals surface area contributed by atoms with E-state index in [1.54, 1.807) is 0 Å². The molecule has 0 bridgehead atoms. The smallest absolute Gasteiger partial charge is 0.191 e. The van der Waals surface area contributed by atoms with E-state index in [-0.39, 0.29) is 24.1 Å². The number of nitrogens with zero attached hydrogens (tertiary/aromatic N) is 1. The van der Waals surface area contributed by atoms with E-state index in [4.69, 9.17) is 0 Å². The molecule has 4 nitrogen and oxygen atoms in total. The van der Waals surface area contributed by atoms with Crippen LogP contribution >= 0.6 is 0 Å². The van der Waals surface area contributed by atoms with Crippen molar-refractivity contribution in [2.75, 3.05) is 19.7 Å². The van der Waals surface area contributed by atoms with Gasteiger partial charge < -0.3 is 15.7 Å². The molecule has 1 aromatic rings. The summed E-state index contributed by atoms with van der Waals surface area (Å²) >= 11 is 0. The average Bonchev–Trinajstić information content (AvgIpc) is 2.59. The van der Waals surface area contributed by atoms with Gasteiger partial charge in [-0.2, -0.15) is 0 Å². The van der Waals surface area contributed by atoms with Crippen LogP contribution in [0.25, 0.3) is 0 Å². The summed E-state index contributed by atoms with van der Waals surface area (Å²) in [5, 5.41) is 15.7. The summed E-state index contributed by atoms with van der Waals surface area (Å²) in [4.78, 5) is 4.34. The van der Waals surface area contributed by atoms with E-state index in [2.05, 4.69) is 29.5 Å². The SMILES string of the molecule is CCNC(=NCc1cc(F)ccc1F)NCC(CC)(CC)CCO. The van der Waals surface area contributed by atoms with Gasteiger partial charge >= 0.3 is 0 Å².